The number of aryl methyl sites for hydroxylation is 1. The van der Waals surface area contributed by atoms with Crippen LogP contribution in [0.4, 0.5) is 10.5 Å². The predicted molar refractivity (Wildman–Crippen MR) is 265 cm³/mol. The van der Waals surface area contributed by atoms with Gasteiger partial charge in [0.05, 0.1) is 33.1 Å². The highest BCUT2D eigenvalue weighted by atomic mass is 32.2. The number of hydrogen-bond donors (Lipinski definition) is 5. The molecule has 0 radical (unpaired) electrons. The Bertz CT molecular complexity index is 2390. The summed E-state index contributed by atoms with van der Waals surface area (Å²) in [5.74, 6) is -0.919. The second kappa shape index (κ2) is 24.3. The Balaban J connectivity index is 0.839. The molecule has 0 saturated carbocycles. The molecule has 68 heavy (non-hydrogen) atoms. The number of urea groups is 1. The van der Waals surface area contributed by atoms with E-state index in [1.54, 1.807) is 41.9 Å². The number of thiazole rings is 1. The molecule has 2 aliphatic rings. The van der Waals surface area contributed by atoms with Gasteiger partial charge in [0.2, 0.25) is 27.7 Å². The van der Waals surface area contributed by atoms with Crippen molar-refractivity contribution in [2.75, 3.05) is 44.6 Å². The molecule has 4 atom stereocenters. The average Bonchev–Trinajstić information content (AvgIpc) is 3.94. The molecule has 368 valence electrons. The zero-order chi connectivity index (χ0) is 48.8. The number of nitrogens with one attached hydrogen (secondary N) is 4. The van der Waals surface area contributed by atoms with Crippen LogP contribution in [0.2, 0.25) is 0 Å². The summed E-state index contributed by atoms with van der Waals surface area (Å²) in [6.45, 7) is 13.0. The SMILES string of the molecule is Cc1ncsc1-c1ccc([C@H](C)NC(=O)[C@@H]2C[C@@H](O)CN2C(=O)[C@@H](NC(=O)CCCCCCCCCN2CCN(S(=O)(=O)c3ccc(NC(=O)NCc4cccnc4)cc3)CC2)C(C)(C)C)cc1. The Morgan fingerprint density at radius 2 is 1.56 bits per heavy atom. The molecule has 4 aromatic rings. The first-order valence-corrected chi connectivity index (χ1v) is 26.2. The van der Waals surface area contributed by atoms with Gasteiger partial charge in [0.15, 0.2) is 0 Å². The summed E-state index contributed by atoms with van der Waals surface area (Å²) < 4.78 is 28.3. The smallest absolute Gasteiger partial charge is 0.319 e. The average molecular weight is 972 g/mol. The third-order valence-electron chi connectivity index (χ3n) is 12.7. The van der Waals surface area contributed by atoms with Crippen LogP contribution in [0.15, 0.2) is 83.5 Å². The van der Waals surface area contributed by atoms with Crippen molar-refractivity contribution < 1.29 is 32.7 Å². The van der Waals surface area contributed by atoms with Gasteiger partial charge in [-0.15, -0.1) is 11.3 Å². The highest BCUT2D eigenvalue weighted by molar-refractivity contribution is 7.89. The van der Waals surface area contributed by atoms with Crippen molar-refractivity contribution in [3.63, 3.8) is 0 Å². The van der Waals surface area contributed by atoms with E-state index in [9.17, 15) is 32.7 Å². The molecule has 0 unspecified atom stereocenters. The molecule has 5 amide bonds. The number of benzene rings is 2. The number of rotatable bonds is 21. The lowest BCUT2D eigenvalue weighted by atomic mass is 9.85. The van der Waals surface area contributed by atoms with Crippen LogP contribution < -0.4 is 21.3 Å². The number of anilines is 1. The van der Waals surface area contributed by atoms with Gasteiger partial charge in [-0.05, 0) is 85.7 Å². The molecule has 18 heteroatoms. The minimum absolute atomic E-state index is 0.0200. The first-order chi connectivity index (χ1) is 32.5. The Kier molecular flexibility index (Phi) is 18.6. The van der Waals surface area contributed by atoms with E-state index >= 15 is 0 Å². The normalized spacial score (nSPS) is 17.9. The standard InChI is InChI=1S/C50H69N9O7S2/c1-35(38-16-18-39(19-17-38)45-36(2)53-34-67-45)54-47(62)43-30-41(60)33-59(43)48(63)46(50(3,4)5)56-44(61)15-11-9-7-6-8-10-12-25-57-26-28-58(29-27-57)68(65,66)42-22-20-40(21-23-42)55-49(64)52-32-37-14-13-24-51-31-37/h13-14,16-24,31,34-35,41,43,46,60H,6-12,15,25-30,32-33H2,1-5H3,(H,54,62)(H,56,61)(H2,52,55,64)/t35-,41+,43-,46+/m0/s1. The molecule has 6 rings (SSSR count). The van der Waals surface area contributed by atoms with Gasteiger partial charge in [-0.1, -0.05) is 83.2 Å². The molecule has 16 nitrogen and oxygen atoms in total. The maximum atomic E-state index is 14.1. The van der Waals surface area contributed by atoms with Crippen LogP contribution in [0.25, 0.3) is 10.4 Å². The molecule has 2 saturated heterocycles. The number of aromatic nitrogens is 2. The lowest BCUT2D eigenvalue weighted by Gasteiger charge is -2.35. The summed E-state index contributed by atoms with van der Waals surface area (Å²) in [6.07, 6.45) is 9.73. The topological polar surface area (TPSA) is 206 Å². The van der Waals surface area contributed by atoms with Crippen molar-refractivity contribution in [2.24, 2.45) is 5.41 Å². The quantitative estimate of drug-likeness (QED) is 0.0564. The summed E-state index contributed by atoms with van der Waals surface area (Å²) >= 11 is 1.58. The van der Waals surface area contributed by atoms with Crippen molar-refractivity contribution in [3.05, 3.63) is 95.4 Å². The van der Waals surface area contributed by atoms with Gasteiger partial charge >= 0.3 is 6.03 Å². The van der Waals surface area contributed by atoms with Crippen molar-refractivity contribution in [1.29, 1.82) is 0 Å². The van der Waals surface area contributed by atoms with Gasteiger partial charge < -0.3 is 36.2 Å². The van der Waals surface area contributed by atoms with E-state index in [0.717, 1.165) is 72.3 Å². The highest BCUT2D eigenvalue weighted by Crippen LogP contribution is 2.30. The third kappa shape index (κ3) is 14.6. The number of pyridine rings is 1. The fourth-order valence-electron chi connectivity index (χ4n) is 8.67. The highest BCUT2D eigenvalue weighted by Gasteiger charge is 2.44. The molecule has 0 spiro atoms. The van der Waals surface area contributed by atoms with E-state index in [1.807, 2.05) is 70.5 Å². The monoisotopic (exact) mass is 971 g/mol. The maximum absolute atomic E-state index is 14.1. The van der Waals surface area contributed by atoms with Crippen LogP contribution in [0.3, 0.4) is 0 Å². The number of aliphatic hydroxyl groups excluding tert-OH is 1. The van der Waals surface area contributed by atoms with Crippen LogP contribution in [-0.4, -0.2) is 119 Å². The number of nitrogens with zero attached hydrogens (tertiary/aromatic N) is 5. The van der Waals surface area contributed by atoms with Gasteiger partial charge in [0, 0.05) is 70.2 Å². The third-order valence-corrected chi connectivity index (χ3v) is 15.6. The molecular formula is C50H69N9O7S2. The van der Waals surface area contributed by atoms with Crippen molar-refractivity contribution in [1.82, 2.24) is 40.0 Å². The molecule has 2 aromatic heterocycles. The Hall–Kier alpha value is -5.27. The number of unbranched alkanes of at least 4 members (excludes halogenated alkanes) is 6. The van der Waals surface area contributed by atoms with E-state index in [0.29, 0.717) is 51.3 Å². The Morgan fingerprint density at radius 3 is 2.19 bits per heavy atom. The predicted octanol–water partition coefficient (Wildman–Crippen LogP) is 6.63. The summed E-state index contributed by atoms with van der Waals surface area (Å²) in [5, 5.41) is 22.2. The lowest BCUT2D eigenvalue weighted by Crippen LogP contribution is -2.57. The molecule has 2 fully saturated rings. The molecule has 2 aliphatic heterocycles. The van der Waals surface area contributed by atoms with E-state index in [-0.39, 0.29) is 41.6 Å². The van der Waals surface area contributed by atoms with Crippen molar-refractivity contribution in [2.45, 2.75) is 128 Å². The molecule has 4 heterocycles. The first-order valence-electron chi connectivity index (χ1n) is 23.8. The molecule has 5 N–H and O–H groups in total. The molecular weight excluding hydrogens is 903 g/mol. The van der Waals surface area contributed by atoms with E-state index in [2.05, 4.69) is 36.1 Å². The number of carbonyl (C=O) groups excluding carboxylic acids is 4. The maximum Gasteiger partial charge on any atom is 0.319 e. The fraction of sp³-hybridized carbons (Fsp3) is 0.520. The second-order valence-corrected chi connectivity index (χ2v) is 21.8. The molecule has 0 aliphatic carbocycles. The van der Waals surface area contributed by atoms with E-state index < -0.39 is 39.7 Å². The Morgan fingerprint density at radius 1 is 0.882 bits per heavy atom. The summed E-state index contributed by atoms with van der Waals surface area (Å²) in [7, 11) is -3.66. The first kappa shape index (κ1) is 52.1. The minimum Gasteiger partial charge on any atom is -0.391 e. The molecule has 2 aromatic carbocycles. The van der Waals surface area contributed by atoms with Gasteiger partial charge in [-0.25, -0.2) is 18.2 Å². The van der Waals surface area contributed by atoms with Crippen LogP contribution in [0.5, 0.6) is 0 Å². The number of aliphatic hydroxyl groups is 1. The number of sulfonamides is 1. The number of likely N-dealkylation sites (tertiary alicyclic amines) is 1. The number of amides is 5. The van der Waals surface area contributed by atoms with Gasteiger partial charge in [0.1, 0.15) is 12.1 Å². The van der Waals surface area contributed by atoms with Crippen molar-refractivity contribution in [3.8, 4) is 10.4 Å². The summed E-state index contributed by atoms with van der Waals surface area (Å²) in [6, 6.07) is 15.4. The van der Waals surface area contributed by atoms with Gasteiger partial charge in [-0.3, -0.25) is 19.4 Å². The number of β-amino-alcohol motifs (C(OH)–C–C–N with tert-alkyl or cyclic N) is 1. The van der Waals surface area contributed by atoms with Crippen LogP contribution in [-0.2, 0) is 31.0 Å². The fourth-order valence-corrected chi connectivity index (χ4v) is 10.9. The Labute approximate surface area is 405 Å². The van der Waals surface area contributed by atoms with Gasteiger partial charge in [0.25, 0.3) is 0 Å². The zero-order valence-electron chi connectivity index (χ0n) is 40.1. The minimum atomic E-state index is -3.66. The van der Waals surface area contributed by atoms with Crippen LogP contribution >= 0.6 is 11.3 Å². The van der Waals surface area contributed by atoms with E-state index in [1.165, 1.54) is 21.3 Å². The van der Waals surface area contributed by atoms with Crippen molar-refractivity contribution >= 4 is 50.8 Å². The zero-order valence-corrected chi connectivity index (χ0v) is 41.7. The number of carbonyl (C=O) groups is 4. The lowest BCUT2D eigenvalue weighted by molar-refractivity contribution is -0.144. The largest absolute Gasteiger partial charge is 0.391 e. The summed E-state index contributed by atoms with van der Waals surface area (Å²) in [5.41, 5.74) is 5.49. The number of piperazine rings is 1. The summed E-state index contributed by atoms with van der Waals surface area (Å²) in [4.78, 5) is 66.7. The van der Waals surface area contributed by atoms with Gasteiger partial charge in [-0.2, -0.15) is 4.31 Å². The molecule has 0 bridgehead atoms. The van der Waals surface area contributed by atoms with Crippen LogP contribution in [0, 0.1) is 12.3 Å². The second-order valence-electron chi connectivity index (χ2n) is 19.0. The van der Waals surface area contributed by atoms with Crippen LogP contribution in [0.1, 0.15) is 108 Å². The number of hydrogen-bond acceptors (Lipinski definition) is 11. The van der Waals surface area contributed by atoms with E-state index in [4.69, 9.17) is 0 Å².